The lowest BCUT2D eigenvalue weighted by molar-refractivity contribution is -0.194. The molecule has 3 heteroatoms. The molecule has 5 atom stereocenters. The fourth-order valence-corrected chi connectivity index (χ4v) is 2.87. The highest BCUT2D eigenvalue weighted by atomic mass is 16.8. The Hall–Kier alpha value is -0.120. The third-order valence-electron chi connectivity index (χ3n) is 3.78. The molecule has 0 aromatic rings. The number of fused-ring (bicyclic) bond motifs is 2. The average Bonchev–Trinajstić information content (AvgIpc) is 2.38. The summed E-state index contributed by atoms with van der Waals surface area (Å²) < 4.78 is 11.8. The van der Waals surface area contributed by atoms with Crippen molar-refractivity contribution < 1.29 is 14.6 Å². The van der Waals surface area contributed by atoms with Gasteiger partial charge in [0.1, 0.15) is 6.10 Å². The molecule has 2 fully saturated rings. The molecule has 2 aliphatic heterocycles. The molecule has 2 rings (SSSR count). The van der Waals surface area contributed by atoms with Crippen molar-refractivity contribution in [3.8, 4) is 0 Å². The van der Waals surface area contributed by atoms with Crippen molar-refractivity contribution in [2.75, 3.05) is 0 Å². The van der Waals surface area contributed by atoms with Crippen molar-refractivity contribution in [3.05, 3.63) is 0 Å². The van der Waals surface area contributed by atoms with Gasteiger partial charge >= 0.3 is 0 Å². The van der Waals surface area contributed by atoms with Crippen LogP contribution >= 0.6 is 0 Å². The molecule has 0 aliphatic carbocycles. The second-order valence-electron chi connectivity index (χ2n) is 5.49. The molecule has 0 spiro atoms. The van der Waals surface area contributed by atoms with Gasteiger partial charge in [-0.15, -0.1) is 0 Å². The van der Waals surface area contributed by atoms with Gasteiger partial charge in [-0.3, -0.25) is 0 Å². The molecule has 2 saturated heterocycles. The Balaban J connectivity index is 2.18. The summed E-state index contributed by atoms with van der Waals surface area (Å²) in [4.78, 5) is 0. The molecule has 2 bridgehead atoms. The van der Waals surface area contributed by atoms with Crippen LogP contribution in [0.3, 0.4) is 0 Å². The van der Waals surface area contributed by atoms with Gasteiger partial charge in [0.05, 0.1) is 12.2 Å². The topological polar surface area (TPSA) is 38.7 Å². The summed E-state index contributed by atoms with van der Waals surface area (Å²) >= 11 is 0. The maximum atomic E-state index is 9.71. The molecule has 0 saturated carbocycles. The van der Waals surface area contributed by atoms with Gasteiger partial charge < -0.3 is 14.6 Å². The van der Waals surface area contributed by atoms with E-state index in [1.807, 2.05) is 6.92 Å². The summed E-state index contributed by atoms with van der Waals surface area (Å²) in [6.45, 7) is 8.20. The second kappa shape index (κ2) is 3.72. The van der Waals surface area contributed by atoms with Gasteiger partial charge in [0.15, 0.2) is 5.79 Å². The highest BCUT2D eigenvalue weighted by Gasteiger charge is 2.53. The predicted octanol–water partition coefficient (Wildman–Crippen LogP) is 1.93. The lowest BCUT2D eigenvalue weighted by Crippen LogP contribution is -2.41. The normalized spacial score (nSPS) is 47.2. The first-order valence-corrected chi connectivity index (χ1v) is 5.97. The molecular formula is C12H22O3. The SMILES string of the molecule is CC(C)C1CCC2(C)OC(C(C)O)C1O2. The quantitative estimate of drug-likeness (QED) is 0.763. The number of hydrogen-bond donors (Lipinski definition) is 1. The molecule has 88 valence electrons. The average molecular weight is 214 g/mol. The molecule has 15 heavy (non-hydrogen) atoms. The first kappa shape index (κ1) is 11.4. The van der Waals surface area contributed by atoms with Crippen molar-refractivity contribution in [2.45, 2.75) is 64.6 Å². The van der Waals surface area contributed by atoms with Crippen LogP contribution in [0.2, 0.25) is 0 Å². The lowest BCUT2D eigenvalue weighted by Gasteiger charge is -2.35. The van der Waals surface area contributed by atoms with Crippen LogP contribution < -0.4 is 0 Å². The molecular weight excluding hydrogens is 192 g/mol. The summed E-state index contributed by atoms with van der Waals surface area (Å²) in [7, 11) is 0. The van der Waals surface area contributed by atoms with E-state index < -0.39 is 11.9 Å². The van der Waals surface area contributed by atoms with E-state index >= 15 is 0 Å². The molecule has 0 radical (unpaired) electrons. The summed E-state index contributed by atoms with van der Waals surface area (Å²) in [6, 6.07) is 0. The molecule has 2 aliphatic rings. The van der Waals surface area contributed by atoms with Gasteiger partial charge in [0.25, 0.3) is 0 Å². The predicted molar refractivity (Wildman–Crippen MR) is 57.4 cm³/mol. The van der Waals surface area contributed by atoms with Crippen LogP contribution in [0.1, 0.15) is 40.5 Å². The van der Waals surface area contributed by atoms with Gasteiger partial charge in [-0.05, 0) is 32.1 Å². The number of ether oxygens (including phenoxy) is 2. The van der Waals surface area contributed by atoms with Crippen LogP contribution in [0.25, 0.3) is 0 Å². The molecule has 0 aromatic heterocycles. The smallest absolute Gasteiger partial charge is 0.166 e. The van der Waals surface area contributed by atoms with E-state index in [-0.39, 0.29) is 12.2 Å². The van der Waals surface area contributed by atoms with Gasteiger partial charge in [-0.25, -0.2) is 0 Å². The van der Waals surface area contributed by atoms with Gasteiger partial charge in [-0.2, -0.15) is 0 Å². The number of rotatable bonds is 2. The van der Waals surface area contributed by atoms with E-state index in [1.54, 1.807) is 6.92 Å². The Bertz CT molecular complexity index is 239. The second-order valence-corrected chi connectivity index (χ2v) is 5.49. The van der Waals surface area contributed by atoms with Crippen LogP contribution in [0.5, 0.6) is 0 Å². The maximum absolute atomic E-state index is 9.71. The third kappa shape index (κ3) is 1.93. The molecule has 0 aromatic carbocycles. The monoisotopic (exact) mass is 214 g/mol. The van der Waals surface area contributed by atoms with Crippen molar-refractivity contribution in [2.24, 2.45) is 11.8 Å². The Labute approximate surface area is 91.8 Å². The minimum absolute atomic E-state index is 0.0729. The number of hydrogen-bond acceptors (Lipinski definition) is 3. The zero-order chi connectivity index (χ0) is 11.2. The van der Waals surface area contributed by atoms with Gasteiger partial charge in [0, 0.05) is 6.42 Å². The number of aliphatic hydroxyl groups is 1. The molecule has 3 nitrogen and oxygen atoms in total. The molecule has 5 unspecified atom stereocenters. The van der Waals surface area contributed by atoms with Crippen molar-refractivity contribution >= 4 is 0 Å². The van der Waals surface area contributed by atoms with Crippen LogP contribution in [0.4, 0.5) is 0 Å². The van der Waals surface area contributed by atoms with Crippen LogP contribution in [0, 0.1) is 11.8 Å². The van der Waals surface area contributed by atoms with Crippen molar-refractivity contribution in [3.63, 3.8) is 0 Å². The lowest BCUT2D eigenvalue weighted by atomic mass is 9.81. The zero-order valence-electron chi connectivity index (χ0n) is 10.1. The van der Waals surface area contributed by atoms with Gasteiger partial charge in [-0.1, -0.05) is 13.8 Å². The van der Waals surface area contributed by atoms with Crippen LogP contribution in [-0.2, 0) is 9.47 Å². The minimum Gasteiger partial charge on any atom is -0.391 e. The van der Waals surface area contributed by atoms with Crippen molar-refractivity contribution in [1.29, 1.82) is 0 Å². The fourth-order valence-electron chi connectivity index (χ4n) is 2.87. The van der Waals surface area contributed by atoms with Gasteiger partial charge in [0.2, 0.25) is 0 Å². The van der Waals surface area contributed by atoms with E-state index in [0.29, 0.717) is 11.8 Å². The Kier molecular flexibility index (Phi) is 2.82. The molecule has 0 amide bonds. The highest BCUT2D eigenvalue weighted by molar-refractivity contribution is 4.95. The summed E-state index contributed by atoms with van der Waals surface area (Å²) in [5, 5.41) is 9.71. The van der Waals surface area contributed by atoms with E-state index in [4.69, 9.17) is 9.47 Å². The van der Waals surface area contributed by atoms with Crippen LogP contribution in [0.15, 0.2) is 0 Å². The summed E-state index contributed by atoms with van der Waals surface area (Å²) in [5.74, 6) is 0.653. The largest absolute Gasteiger partial charge is 0.391 e. The summed E-state index contributed by atoms with van der Waals surface area (Å²) in [5.41, 5.74) is 0. The fraction of sp³-hybridized carbons (Fsp3) is 1.00. The first-order valence-electron chi connectivity index (χ1n) is 5.97. The maximum Gasteiger partial charge on any atom is 0.166 e. The van der Waals surface area contributed by atoms with Crippen LogP contribution in [-0.4, -0.2) is 29.2 Å². The molecule has 2 heterocycles. The first-order chi connectivity index (χ1) is 6.93. The minimum atomic E-state index is -0.448. The standard InChI is InChI=1S/C12H22O3/c1-7(2)9-5-6-12(4)14-10(8(3)13)11(9)15-12/h7-11,13H,5-6H2,1-4H3. The Morgan fingerprint density at radius 1 is 1.27 bits per heavy atom. The van der Waals surface area contributed by atoms with E-state index in [0.717, 1.165) is 12.8 Å². The van der Waals surface area contributed by atoms with E-state index in [9.17, 15) is 5.11 Å². The van der Waals surface area contributed by atoms with E-state index in [2.05, 4.69) is 13.8 Å². The zero-order valence-corrected chi connectivity index (χ0v) is 10.1. The Morgan fingerprint density at radius 2 is 1.93 bits per heavy atom. The van der Waals surface area contributed by atoms with E-state index in [1.165, 1.54) is 0 Å². The summed E-state index contributed by atoms with van der Waals surface area (Å²) in [6.07, 6.45) is 1.56. The highest BCUT2D eigenvalue weighted by Crippen LogP contribution is 2.45. The Morgan fingerprint density at radius 3 is 2.47 bits per heavy atom. The van der Waals surface area contributed by atoms with Crippen molar-refractivity contribution in [1.82, 2.24) is 0 Å². The number of aliphatic hydroxyl groups excluding tert-OH is 1. The molecule has 1 N–H and O–H groups in total. The third-order valence-corrected chi connectivity index (χ3v) is 3.78.